The van der Waals surface area contributed by atoms with E-state index in [2.05, 4.69) is 10.3 Å². The summed E-state index contributed by atoms with van der Waals surface area (Å²) in [5, 5.41) is 3.62. The van der Waals surface area contributed by atoms with Crippen LogP contribution in [0.3, 0.4) is 0 Å². The summed E-state index contributed by atoms with van der Waals surface area (Å²) in [5.74, 6) is -0.899. The quantitative estimate of drug-likeness (QED) is 0.158. The monoisotopic (exact) mass is 535 g/mol. The van der Waals surface area contributed by atoms with E-state index in [0.717, 1.165) is 22.0 Å². The summed E-state index contributed by atoms with van der Waals surface area (Å²) in [4.78, 5) is 43.0. The van der Waals surface area contributed by atoms with Crippen LogP contribution >= 0.6 is 0 Å². The number of fused-ring (bicyclic) bond motifs is 1. The lowest BCUT2D eigenvalue weighted by Gasteiger charge is -2.31. The minimum Gasteiger partial charge on any atom is -0.444 e. The van der Waals surface area contributed by atoms with Crippen molar-refractivity contribution >= 4 is 28.7 Å². The van der Waals surface area contributed by atoms with Crippen molar-refractivity contribution < 1.29 is 23.9 Å². The number of hydrogen-bond donors (Lipinski definition) is 3. The molecule has 1 amide bonds. The van der Waals surface area contributed by atoms with Crippen LogP contribution in [-0.2, 0) is 27.4 Å². The fourth-order valence-corrected chi connectivity index (χ4v) is 4.69. The van der Waals surface area contributed by atoms with Gasteiger partial charge in [-0.05, 0) is 48.2 Å². The molecule has 0 spiro atoms. The highest BCUT2D eigenvalue weighted by molar-refractivity contribution is 6.09. The fourth-order valence-electron chi connectivity index (χ4n) is 4.69. The van der Waals surface area contributed by atoms with Gasteiger partial charge in [-0.2, -0.15) is 0 Å². The van der Waals surface area contributed by atoms with Crippen molar-refractivity contribution in [2.24, 2.45) is 11.1 Å². The van der Waals surface area contributed by atoms with E-state index in [1.807, 2.05) is 60.8 Å². The number of esters is 1. The van der Waals surface area contributed by atoms with Gasteiger partial charge in [0.05, 0.1) is 6.04 Å². The first kappa shape index (κ1) is 26.6. The van der Waals surface area contributed by atoms with Crippen LogP contribution in [0.25, 0.3) is 10.9 Å². The maximum Gasteiger partial charge on any atom is 0.411 e. The minimum atomic E-state index is -1.67. The van der Waals surface area contributed by atoms with Crippen molar-refractivity contribution in [3.8, 4) is 5.75 Å². The van der Waals surface area contributed by atoms with Crippen LogP contribution in [0, 0.1) is 5.41 Å². The number of amides is 1. The molecule has 8 heteroatoms. The van der Waals surface area contributed by atoms with E-state index >= 15 is 0 Å². The van der Waals surface area contributed by atoms with Crippen LogP contribution in [-0.4, -0.2) is 28.9 Å². The summed E-state index contributed by atoms with van der Waals surface area (Å²) in [6, 6.07) is 24.6. The summed E-state index contributed by atoms with van der Waals surface area (Å²) in [5.41, 5.74) is 7.84. The number of benzene rings is 3. The Morgan fingerprint density at radius 3 is 2.38 bits per heavy atom. The second-order valence-electron chi connectivity index (χ2n) is 9.59. The molecule has 4 N–H and O–H groups in total. The molecule has 1 aromatic heterocycles. The second kappa shape index (κ2) is 11.8. The SMILES string of the molecule is N[C@@H](Cc1c[nH]c2ccccc12)C(=O)C1(C(=O)Oc2ccccc2)C=CC(NC(=O)OCc2ccccc2)=CC1. The van der Waals surface area contributed by atoms with Crippen LogP contribution in [0.1, 0.15) is 17.5 Å². The van der Waals surface area contributed by atoms with E-state index in [0.29, 0.717) is 11.4 Å². The molecule has 0 saturated carbocycles. The van der Waals surface area contributed by atoms with Crippen LogP contribution in [0.2, 0.25) is 0 Å². The number of nitrogens with two attached hydrogens (primary N) is 1. The molecular formula is C32H29N3O5. The van der Waals surface area contributed by atoms with Gasteiger partial charge in [-0.3, -0.25) is 14.9 Å². The lowest BCUT2D eigenvalue weighted by Crippen LogP contribution is -2.50. The second-order valence-corrected chi connectivity index (χ2v) is 9.59. The maximum absolute atomic E-state index is 13.9. The average Bonchev–Trinajstić information content (AvgIpc) is 3.40. The third-order valence-corrected chi connectivity index (χ3v) is 6.86. The van der Waals surface area contributed by atoms with Gasteiger partial charge in [0, 0.05) is 22.8 Å². The van der Waals surface area contributed by atoms with Crippen molar-refractivity contribution in [1.82, 2.24) is 10.3 Å². The molecule has 0 fully saturated rings. The summed E-state index contributed by atoms with van der Waals surface area (Å²) in [7, 11) is 0. The van der Waals surface area contributed by atoms with Gasteiger partial charge in [0.1, 0.15) is 12.4 Å². The van der Waals surface area contributed by atoms with E-state index in [4.69, 9.17) is 15.2 Å². The predicted molar refractivity (Wildman–Crippen MR) is 151 cm³/mol. The molecule has 0 radical (unpaired) electrons. The number of aromatic amines is 1. The molecule has 0 saturated heterocycles. The average molecular weight is 536 g/mol. The molecule has 0 bridgehead atoms. The Bertz CT molecular complexity index is 1580. The number of ketones is 1. The van der Waals surface area contributed by atoms with Gasteiger partial charge in [-0.15, -0.1) is 0 Å². The van der Waals surface area contributed by atoms with Crippen LogP contribution in [0.15, 0.2) is 115 Å². The van der Waals surface area contributed by atoms with Gasteiger partial charge in [-0.1, -0.05) is 78.9 Å². The van der Waals surface area contributed by atoms with E-state index in [9.17, 15) is 14.4 Å². The van der Waals surface area contributed by atoms with E-state index in [-0.39, 0.29) is 19.4 Å². The third kappa shape index (κ3) is 5.87. The van der Waals surface area contributed by atoms with Crippen molar-refractivity contribution in [3.63, 3.8) is 0 Å². The van der Waals surface area contributed by atoms with Crippen molar-refractivity contribution in [2.75, 3.05) is 0 Å². The molecular weight excluding hydrogens is 506 g/mol. The molecule has 3 aromatic carbocycles. The highest BCUT2D eigenvalue weighted by atomic mass is 16.5. The number of aromatic nitrogens is 1. The summed E-state index contributed by atoms with van der Waals surface area (Å²) in [6.45, 7) is 0.109. The number of nitrogens with one attached hydrogen (secondary N) is 2. The number of carbonyl (C=O) groups excluding carboxylic acids is 3. The largest absolute Gasteiger partial charge is 0.444 e. The number of ether oxygens (including phenoxy) is 2. The highest BCUT2D eigenvalue weighted by Crippen LogP contribution is 2.35. The lowest BCUT2D eigenvalue weighted by molar-refractivity contribution is -0.149. The van der Waals surface area contributed by atoms with Gasteiger partial charge in [-0.25, -0.2) is 4.79 Å². The number of H-pyrrole nitrogens is 1. The van der Waals surface area contributed by atoms with Crippen LogP contribution in [0.5, 0.6) is 5.75 Å². The Morgan fingerprint density at radius 2 is 1.65 bits per heavy atom. The van der Waals surface area contributed by atoms with E-state index < -0.39 is 29.3 Å². The molecule has 1 aliphatic carbocycles. The van der Waals surface area contributed by atoms with Crippen LogP contribution in [0.4, 0.5) is 4.79 Å². The van der Waals surface area contributed by atoms with Gasteiger partial charge >= 0.3 is 12.1 Å². The van der Waals surface area contributed by atoms with Crippen molar-refractivity contribution in [1.29, 1.82) is 0 Å². The topological polar surface area (TPSA) is 124 Å². The number of carbonyl (C=O) groups is 3. The molecule has 4 aromatic rings. The van der Waals surface area contributed by atoms with E-state index in [1.165, 1.54) is 12.2 Å². The van der Waals surface area contributed by atoms with Crippen molar-refractivity contribution in [2.45, 2.75) is 25.5 Å². The normalized spacial score (nSPS) is 17.1. The number of hydrogen-bond acceptors (Lipinski definition) is 6. The number of allylic oxidation sites excluding steroid dienone is 2. The Morgan fingerprint density at radius 1 is 0.950 bits per heavy atom. The number of rotatable bonds is 9. The molecule has 0 aliphatic heterocycles. The van der Waals surface area contributed by atoms with Gasteiger partial charge < -0.3 is 20.2 Å². The minimum absolute atomic E-state index is 0.0378. The molecule has 5 rings (SSSR count). The van der Waals surface area contributed by atoms with Gasteiger partial charge in [0.2, 0.25) is 0 Å². The zero-order valence-electron chi connectivity index (χ0n) is 21.7. The number of para-hydroxylation sites is 2. The zero-order valence-corrected chi connectivity index (χ0v) is 21.7. The highest BCUT2D eigenvalue weighted by Gasteiger charge is 2.47. The first-order valence-electron chi connectivity index (χ1n) is 12.9. The van der Waals surface area contributed by atoms with Crippen LogP contribution < -0.4 is 15.8 Å². The van der Waals surface area contributed by atoms with Crippen molar-refractivity contribution in [3.05, 3.63) is 126 Å². The third-order valence-electron chi connectivity index (χ3n) is 6.86. The summed E-state index contributed by atoms with van der Waals surface area (Å²) >= 11 is 0. The van der Waals surface area contributed by atoms with E-state index in [1.54, 1.807) is 36.4 Å². The first-order chi connectivity index (χ1) is 19.4. The molecule has 1 unspecified atom stereocenters. The Hall–Kier alpha value is -4.95. The fraction of sp³-hybridized carbons (Fsp3) is 0.156. The summed E-state index contributed by atoms with van der Waals surface area (Å²) in [6.07, 6.45) is 5.94. The standard InChI is InChI=1S/C32H29N3O5/c33-27(19-23-20-34-28-14-8-7-13-26(23)28)29(36)32(30(37)40-25-11-5-2-6-12-25)17-15-24(16-18-32)35-31(38)39-21-22-9-3-1-4-10-22/h1-17,20,27,34H,18-19,21,33H2,(H,35,38)/t27-,32?/m0/s1. The lowest BCUT2D eigenvalue weighted by atomic mass is 9.74. The Kier molecular flexibility index (Phi) is 7.89. The Balaban J connectivity index is 1.32. The van der Waals surface area contributed by atoms with Gasteiger partial charge in [0.15, 0.2) is 11.2 Å². The molecule has 202 valence electrons. The zero-order chi connectivity index (χ0) is 28.0. The number of alkyl carbamates (subject to hydrolysis) is 1. The molecule has 8 nitrogen and oxygen atoms in total. The summed E-state index contributed by atoms with van der Waals surface area (Å²) < 4.78 is 10.9. The number of Topliss-reactive ketones (excluding diaryl/α,β-unsaturated/α-hetero) is 1. The maximum atomic E-state index is 13.9. The Labute approximate surface area is 231 Å². The molecule has 2 atom stereocenters. The van der Waals surface area contributed by atoms with Gasteiger partial charge in [0.25, 0.3) is 0 Å². The smallest absolute Gasteiger partial charge is 0.411 e. The molecule has 40 heavy (non-hydrogen) atoms. The molecule has 1 aliphatic rings. The molecule has 1 heterocycles. The first-order valence-corrected chi connectivity index (χ1v) is 12.9. The predicted octanol–water partition coefficient (Wildman–Crippen LogP) is 4.97.